The number of benzene rings is 2. The van der Waals surface area contributed by atoms with Crippen LogP contribution in [0.15, 0.2) is 59.4 Å². The van der Waals surface area contributed by atoms with Gasteiger partial charge in [-0.05, 0) is 18.2 Å². The lowest BCUT2D eigenvalue weighted by atomic mass is 10.1. The van der Waals surface area contributed by atoms with Gasteiger partial charge in [0.1, 0.15) is 12.4 Å². The summed E-state index contributed by atoms with van der Waals surface area (Å²) in [6.45, 7) is 0.0329. The molecular formula is C19H15N3O3. The Labute approximate surface area is 142 Å². The van der Waals surface area contributed by atoms with E-state index < -0.39 is 5.97 Å². The summed E-state index contributed by atoms with van der Waals surface area (Å²) < 4.78 is 7.30. The third-order valence-corrected chi connectivity index (χ3v) is 4.18. The van der Waals surface area contributed by atoms with Crippen molar-refractivity contribution in [3.63, 3.8) is 0 Å². The van der Waals surface area contributed by atoms with Crippen molar-refractivity contribution in [3.05, 3.63) is 76.3 Å². The van der Waals surface area contributed by atoms with Crippen molar-refractivity contribution in [3.8, 4) is 0 Å². The van der Waals surface area contributed by atoms with Crippen LogP contribution < -0.4 is 5.56 Å². The number of fused-ring (bicyclic) bond motifs is 2. The molecular weight excluding hydrogens is 318 g/mol. The maximum Gasteiger partial charge on any atom is 0.339 e. The maximum absolute atomic E-state index is 12.5. The predicted octanol–water partition coefficient (Wildman–Crippen LogP) is 2.77. The van der Waals surface area contributed by atoms with Gasteiger partial charge in [0.05, 0.1) is 16.6 Å². The van der Waals surface area contributed by atoms with Gasteiger partial charge in [-0.2, -0.15) is 0 Å². The van der Waals surface area contributed by atoms with E-state index in [1.807, 2.05) is 41.9 Å². The van der Waals surface area contributed by atoms with E-state index in [-0.39, 0.29) is 17.7 Å². The highest BCUT2D eigenvalue weighted by Gasteiger charge is 2.15. The second kappa shape index (κ2) is 5.90. The summed E-state index contributed by atoms with van der Waals surface area (Å²) in [7, 11) is 1.88. The Morgan fingerprint density at radius 2 is 1.92 bits per heavy atom. The molecule has 0 aliphatic heterocycles. The monoisotopic (exact) mass is 333 g/mol. The van der Waals surface area contributed by atoms with Gasteiger partial charge in [-0.15, -0.1) is 0 Å². The smallest absolute Gasteiger partial charge is 0.339 e. The van der Waals surface area contributed by atoms with Crippen LogP contribution in [0.25, 0.3) is 21.9 Å². The number of ether oxygens (including phenoxy) is 1. The second-order valence-electron chi connectivity index (χ2n) is 5.74. The molecule has 0 atom stereocenters. The van der Waals surface area contributed by atoms with E-state index in [1.165, 1.54) is 6.07 Å². The zero-order chi connectivity index (χ0) is 17.4. The van der Waals surface area contributed by atoms with E-state index >= 15 is 0 Å². The Bertz CT molecular complexity index is 1160. The molecule has 2 heterocycles. The molecule has 0 spiro atoms. The Hall–Kier alpha value is -3.41. The first-order valence-corrected chi connectivity index (χ1v) is 7.83. The number of carbonyl (C=O) groups is 1. The minimum absolute atomic E-state index is 0.0329. The quantitative estimate of drug-likeness (QED) is 0.585. The van der Waals surface area contributed by atoms with E-state index in [2.05, 4.69) is 9.97 Å². The molecule has 0 aliphatic rings. The van der Waals surface area contributed by atoms with Gasteiger partial charge in [-0.3, -0.25) is 4.79 Å². The van der Waals surface area contributed by atoms with Gasteiger partial charge in [0.2, 0.25) is 5.56 Å². The number of carbonyl (C=O) groups excluding carboxylic acids is 1. The van der Waals surface area contributed by atoms with Gasteiger partial charge in [0.25, 0.3) is 0 Å². The summed E-state index contributed by atoms with van der Waals surface area (Å²) in [6, 6.07) is 16.1. The van der Waals surface area contributed by atoms with Crippen LogP contribution in [0.5, 0.6) is 0 Å². The number of nitrogens with one attached hydrogen (secondary N) is 1. The average molecular weight is 333 g/mol. The van der Waals surface area contributed by atoms with Crippen LogP contribution >= 0.6 is 0 Å². The summed E-state index contributed by atoms with van der Waals surface area (Å²) in [5.74, 6) is 0.0954. The first-order chi connectivity index (χ1) is 12.1. The summed E-state index contributed by atoms with van der Waals surface area (Å²) >= 11 is 0. The van der Waals surface area contributed by atoms with Crippen molar-refractivity contribution in [1.29, 1.82) is 0 Å². The van der Waals surface area contributed by atoms with Gasteiger partial charge in [0, 0.05) is 24.0 Å². The number of esters is 1. The molecule has 0 amide bonds. The van der Waals surface area contributed by atoms with Crippen molar-refractivity contribution in [1.82, 2.24) is 14.5 Å². The standard InChI is InChI=1S/C19H15N3O3/c1-22-16-9-5-4-8-15(16)20-17(22)11-25-19(24)13-10-18(23)21-14-7-3-2-6-12(13)14/h2-10H,11H2,1H3,(H,21,23). The number of aryl methyl sites for hydroxylation is 1. The number of hydrogen-bond acceptors (Lipinski definition) is 4. The van der Waals surface area contributed by atoms with Crippen LogP contribution in [0.3, 0.4) is 0 Å². The van der Waals surface area contributed by atoms with Crippen molar-refractivity contribution in [2.45, 2.75) is 6.61 Å². The minimum Gasteiger partial charge on any atom is -0.454 e. The molecule has 0 unspecified atom stereocenters. The number of imidazole rings is 1. The Kier molecular flexibility index (Phi) is 3.57. The Balaban J connectivity index is 1.64. The molecule has 1 N–H and O–H groups in total. The highest BCUT2D eigenvalue weighted by atomic mass is 16.5. The number of rotatable bonds is 3. The molecule has 0 saturated heterocycles. The molecule has 0 bridgehead atoms. The fraction of sp³-hybridized carbons (Fsp3) is 0.105. The highest BCUT2D eigenvalue weighted by Crippen LogP contribution is 2.18. The Morgan fingerprint density at radius 1 is 1.16 bits per heavy atom. The molecule has 6 heteroatoms. The summed E-state index contributed by atoms with van der Waals surface area (Å²) in [5, 5.41) is 0.650. The van der Waals surface area contributed by atoms with E-state index in [9.17, 15) is 9.59 Å². The maximum atomic E-state index is 12.5. The largest absolute Gasteiger partial charge is 0.454 e. The summed E-state index contributed by atoms with van der Waals surface area (Å²) in [6.07, 6.45) is 0. The molecule has 2 aromatic carbocycles. The highest BCUT2D eigenvalue weighted by molar-refractivity contribution is 6.03. The SMILES string of the molecule is Cn1c(COC(=O)c2cc(=O)[nH]c3ccccc23)nc2ccccc21. The van der Waals surface area contributed by atoms with Gasteiger partial charge in [-0.25, -0.2) is 9.78 Å². The van der Waals surface area contributed by atoms with Crippen LogP contribution in [0.1, 0.15) is 16.2 Å². The van der Waals surface area contributed by atoms with Crippen LogP contribution in [-0.2, 0) is 18.4 Å². The average Bonchev–Trinajstić information content (AvgIpc) is 2.95. The van der Waals surface area contributed by atoms with Crippen molar-refractivity contribution in [2.75, 3.05) is 0 Å². The molecule has 4 aromatic rings. The molecule has 0 saturated carbocycles. The van der Waals surface area contributed by atoms with Gasteiger partial charge in [0.15, 0.2) is 0 Å². The number of aromatic amines is 1. The predicted molar refractivity (Wildman–Crippen MR) is 94.4 cm³/mol. The number of nitrogens with zero attached hydrogens (tertiary/aromatic N) is 2. The van der Waals surface area contributed by atoms with E-state index in [0.29, 0.717) is 16.7 Å². The number of H-pyrrole nitrogens is 1. The third-order valence-electron chi connectivity index (χ3n) is 4.18. The fourth-order valence-electron chi connectivity index (χ4n) is 2.91. The first-order valence-electron chi connectivity index (χ1n) is 7.83. The number of aromatic nitrogens is 3. The zero-order valence-corrected chi connectivity index (χ0v) is 13.5. The fourth-order valence-corrected chi connectivity index (χ4v) is 2.91. The van der Waals surface area contributed by atoms with Crippen LogP contribution in [0.2, 0.25) is 0 Å². The number of para-hydroxylation sites is 3. The number of hydrogen-bond donors (Lipinski definition) is 1. The van der Waals surface area contributed by atoms with Gasteiger partial charge < -0.3 is 14.3 Å². The third kappa shape index (κ3) is 2.67. The summed E-state index contributed by atoms with van der Waals surface area (Å²) in [4.78, 5) is 31.5. The van der Waals surface area contributed by atoms with Crippen LogP contribution in [0.4, 0.5) is 0 Å². The molecule has 0 fully saturated rings. The molecule has 124 valence electrons. The minimum atomic E-state index is -0.547. The van der Waals surface area contributed by atoms with Crippen LogP contribution in [0, 0.1) is 0 Å². The first kappa shape index (κ1) is 15.1. The van der Waals surface area contributed by atoms with Gasteiger partial charge in [-0.1, -0.05) is 30.3 Å². The topological polar surface area (TPSA) is 77.0 Å². The van der Waals surface area contributed by atoms with Crippen LogP contribution in [-0.4, -0.2) is 20.5 Å². The number of pyridine rings is 1. The van der Waals surface area contributed by atoms with E-state index in [0.717, 1.165) is 11.0 Å². The lowest BCUT2D eigenvalue weighted by Gasteiger charge is -2.07. The molecule has 0 radical (unpaired) electrons. The second-order valence-corrected chi connectivity index (χ2v) is 5.74. The zero-order valence-electron chi connectivity index (χ0n) is 13.5. The van der Waals surface area contributed by atoms with Crippen molar-refractivity contribution < 1.29 is 9.53 Å². The normalized spacial score (nSPS) is 11.1. The Morgan fingerprint density at radius 3 is 2.76 bits per heavy atom. The molecule has 0 aliphatic carbocycles. The molecule has 2 aromatic heterocycles. The van der Waals surface area contributed by atoms with Crippen molar-refractivity contribution >= 4 is 27.9 Å². The summed E-state index contributed by atoms with van der Waals surface area (Å²) in [5.41, 5.74) is 2.32. The molecule has 25 heavy (non-hydrogen) atoms. The van der Waals surface area contributed by atoms with Crippen molar-refractivity contribution in [2.24, 2.45) is 7.05 Å². The lowest BCUT2D eigenvalue weighted by Crippen LogP contribution is -2.13. The van der Waals surface area contributed by atoms with Gasteiger partial charge >= 0.3 is 5.97 Å². The van der Waals surface area contributed by atoms with E-state index in [4.69, 9.17) is 4.74 Å². The lowest BCUT2D eigenvalue weighted by molar-refractivity contribution is 0.0462. The molecule has 6 nitrogen and oxygen atoms in total. The molecule has 4 rings (SSSR count). The van der Waals surface area contributed by atoms with E-state index in [1.54, 1.807) is 18.2 Å².